The summed E-state index contributed by atoms with van der Waals surface area (Å²) in [6.45, 7) is 3.99. The number of hydrogen-bond acceptors (Lipinski definition) is 2. The fourth-order valence-electron chi connectivity index (χ4n) is 4.24. The summed E-state index contributed by atoms with van der Waals surface area (Å²) in [4.78, 5) is 26.8. The third-order valence-corrected chi connectivity index (χ3v) is 4.93. The lowest BCUT2D eigenvalue weighted by Gasteiger charge is -2.18. The molecule has 0 unspecified atom stereocenters. The molecule has 102 valence electrons. The number of allylic oxidation sites excluding steroid dienone is 2. The minimum Gasteiger partial charge on any atom is -0.274 e. The second-order valence-corrected chi connectivity index (χ2v) is 6.36. The third kappa shape index (κ3) is 1.41. The molecule has 0 spiro atoms. The van der Waals surface area contributed by atoms with Crippen molar-refractivity contribution in [2.75, 3.05) is 4.90 Å². The molecule has 4 atom stereocenters. The Balaban J connectivity index is 1.78. The quantitative estimate of drug-likeness (QED) is 0.579. The number of amides is 2. The lowest BCUT2D eigenvalue weighted by Crippen LogP contribution is -2.32. The van der Waals surface area contributed by atoms with Crippen molar-refractivity contribution in [2.24, 2.45) is 23.7 Å². The molecule has 1 aliphatic heterocycles. The lowest BCUT2D eigenvalue weighted by molar-refractivity contribution is -0.123. The molecule has 0 radical (unpaired) electrons. The van der Waals surface area contributed by atoms with Crippen LogP contribution in [-0.2, 0) is 9.59 Å². The van der Waals surface area contributed by atoms with E-state index in [9.17, 15) is 9.59 Å². The highest BCUT2D eigenvalue weighted by Crippen LogP contribution is 2.53. The van der Waals surface area contributed by atoms with Crippen molar-refractivity contribution >= 4 is 17.5 Å². The van der Waals surface area contributed by atoms with Crippen LogP contribution in [0.2, 0.25) is 0 Å². The van der Waals surface area contributed by atoms with Gasteiger partial charge in [0.2, 0.25) is 11.8 Å². The molecule has 1 saturated carbocycles. The monoisotopic (exact) mass is 267 g/mol. The summed E-state index contributed by atoms with van der Waals surface area (Å²) >= 11 is 0. The van der Waals surface area contributed by atoms with Crippen LogP contribution in [0.3, 0.4) is 0 Å². The summed E-state index contributed by atoms with van der Waals surface area (Å²) < 4.78 is 0. The maximum Gasteiger partial charge on any atom is 0.238 e. The molecule has 2 fully saturated rings. The molecule has 3 nitrogen and oxygen atoms in total. The first-order chi connectivity index (χ1) is 9.56. The minimum absolute atomic E-state index is 0.00171. The number of rotatable bonds is 1. The Hall–Kier alpha value is -1.90. The molecule has 3 aliphatic rings. The average Bonchev–Trinajstić information content (AvgIpc) is 3.02. The van der Waals surface area contributed by atoms with Crippen LogP contribution in [-0.4, -0.2) is 11.8 Å². The maximum atomic E-state index is 12.7. The van der Waals surface area contributed by atoms with Crippen LogP contribution in [0.4, 0.5) is 5.69 Å². The number of benzene rings is 1. The van der Waals surface area contributed by atoms with Crippen LogP contribution in [0.1, 0.15) is 17.5 Å². The van der Waals surface area contributed by atoms with Gasteiger partial charge in [-0.1, -0.05) is 18.2 Å². The van der Waals surface area contributed by atoms with Gasteiger partial charge in [-0.2, -0.15) is 0 Å². The molecular weight excluding hydrogens is 250 g/mol. The van der Waals surface area contributed by atoms with E-state index in [0.29, 0.717) is 0 Å². The molecular formula is C17H17NO2. The van der Waals surface area contributed by atoms with Gasteiger partial charge >= 0.3 is 0 Å². The zero-order valence-electron chi connectivity index (χ0n) is 11.7. The summed E-state index contributed by atoms with van der Waals surface area (Å²) in [5, 5.41) is 0. The van der Waals surface area contributed by atoms with Gasteiger partial charge in [-0.3, -0.25) is 9.59 Å². The Labute approximate surface area is 118 Å². The third-order valence-electron chi connectivity index (χ3n) is 4.93. The van der Waals surface area contributed by atoms with Crippen molar-refractivity contribution in [3.05, 3.63) is 41.5 Å². The predicted molar refractivity (Wildman–Crippen MR) is 76.1 cm³/mol. The van der Waals surface area contributed by atoms with Gasteiger partial charge in [-0.25, -0.2) is 4.90 Å². The van der Waals surface area contributed by atoms with Gasteiger partial charge in [-0.05, 0) is 55.4 Å². The number of carbonyl (C=O) groups excluding carboxylic acids is 2. The van der Waals surface area contributed by atoms with Crippen LogP contribution >= 0.6 is 0 Å². The summed E-state index contributed by atoms with van der Waals surface area (Å²) in [5.74, 6) is 0.329. The number of hydrogen-bond donors (Lipinski definition) is 0. The van der Waals surface area contributed by atoms with E-state index >= 15 is 0 Å². The van der Waals surface area contributed by atoms with Gasteiger partial charge in [0.15, 0.2) is 0 Å². The maximum absolute atomic E-state index is 12.7. The molecule has 4 rings (SSSR count). The lowest BCUT2D eigenvalue weighted by atomic mass is 9.85. The molecule has 1 aromatic carbocycles. The van der Waals surface area contributed by atoms with E-state index in [-0.39, 0.29) is 35.5 Å². The van der Waals surface area contributed by atoms with Crippen molar-refractivity contribution in [1.29, 1.82) is 0 Å². The SMILES string of the molecule is Cc1cc(C)cc(N2C(=O)[C@@H]3[C@@H](C2=O)[C@H]2C=C[C@@H]3C2)c1. The van der Waals surface area contributed by atoms with Crippen LogP contribution in [0.15, 0.2) is 30.4 Å². The minimum atomic E-state index is -0.113. The zero-order chi connectivity index (χ0) is 14.0. The number of nitrogens with zero attached hydrogens (tertiary/aromatic N) is 1. The first-order valence-corrected chi connectivity index (χ1v) is 7.20. The fourth-order valence-corrected chi connectivity index (χ4v) is 4.24. The highest BCUT2D eigenvalue weighted by molar-refractivity contribution is 6.22. The number of anilines is 1. The molecule has 2 aliphatic carbocycles. The molecule has 1 heterocycles. The molecule has 2 amide bonds. The zero-order valence-corrected chi connectivity index (χ0v) is 11.7. The van der Waals surface area contributed by atoms with Crippen LogP contribution in [0.25, 0.3) is 0 Å². The van der Waals surface area contributed by atoms with E-state index < -0.39 is 0 Å². The smallest absolute Gasteiger partial charge is 0.238 e. The standard InChI is InChI=1S/C17H17NO2/c1-9-5-10(2)7-13(6-9)18-16(19)14-11-3-4-12(8-11)15(14)17(18)20/h3-7,11-12,14-15H,8H2,1-2H3/t11-,12+,14-,15-/m0/s1. The van der Waals surface area contributed by atoms with Gasteiger partial charge in [0.1, 0.15) is 0 Å². The van der Waals surface area contributed by atoms with E-state index in [2.05, 4.69) is 18.2 Å². The van der Waals surface area contributed by atoms with Gasteiger partial charge < -0.3 is 0 Å². The molecule has 3 heteroatoms. The fraction of sp³-hybridized carbons (Fsp3) is 0.412. The predicted octanol–water partition coefficient (Wildman–Crippen LogP) is 2.61. The summed E-state index contributed by atoms with van der Waals surface area (Å²) in [6, 6.07) is 5.92. The molecule has 1 aromatic rings. The van der Waals surface area contributed by atoms with Crippen LogP contribution in [0.5, 0.6) is 0 Å². The van der Waals surface area contributed by atoms with Gasteiger partial charge in [0, 0.05) is 0 Å². The number of imide groups is 1. The second-order valence-electron chi connectivity index (χ2n) is 6.36. The van der Waals surface area contributed by atoms with Crippen LogP contribution in [0, 0.1) is 37.5 Å². The Morgan fingerprint density at radius 3 is 1.90 bits per heavy atom. The van der Waals surface area contributed by atoms with Crippen molar-refractivity contribution in [2.45, 2.75) is 20.3 Å². The largest absolute Gasteiger partial charge is 0.274 e. The normalized spacial score (nSPS) is 34.2. The first kappa shape index (κ1) is 11.9. The van der Waals surface area contributed by atoms with Crippen molar-refractivity contribution in [3.8, 4) is 0 Å². The highest BCUT2D eigenvalue weighted by atomic mass is 16.2. The van der Waals surface area contributed by atoms with E-state index in [1.165, 1.54) is 4.90 Å². The number of carbonyl (C=O) groups is 2. The Kier molecular flexibility index (Phi) is 2.27. The molecule has 1 saturated heterocycles. The number of aryl methyl sites for hydroxylation is 2. The van der Waals surface area contributed by atoms with Crippen molar-refractivity contribution in [1.82, 2.24) is 0 Å². The van der Waals surface area contributed by atoms with E-state index in [0.717, 1.165) is 23.2 Å². The summed E-state index contributed by atoms with van der Waals surface area (Å²) in [5.41, 5.74) is 2.91. The second kappa shape index (κ2) is 3.81. The Morgan fingerprint density at radius 2 is 1.40 bits per heavy atom. The van der Waals surface area contributed by atoms with Crippen molar-refractivity contribution < 1.29 is 9.59 Å². The Bertz CT molecular complexity index is 611. The van der Waals surface area contributed by atoms with Gasteiger partial charge in [0.25, 0.3) is 0 Å². The van der Waals surface area contributed by atoms with E-state index in [1.807, 2.05) is 26.0 Å². The average molecular weight is 267 g/mol. The van der Waals surface area contributed by atoms with E-state index in [1.54, 1.807) is 0 Å². The van der Waals surface area contributed by atoms with Crippen molar-refractivity contribution in [3.63, 3.8) is 0 Å². The molecule has 20 heavy (non-hydrogen) atoms. The molecule has 0 N–H and O–H groups in total. The molecule has 0 aromatic heterocycles. The highest BCUT2D eigenvalue weighted by Gasteiger charge is 2.59. The number of fused-ring (bicyclic) bond motifs is 5. The van der Waals surface area contributed by atoms with Gasteiger partial charge in [0.05, 0.1) is 17.5 Å². The Morgan fingerprint density at radius 1 is 0.900 bits per heavy atom. The first-order valence-electron chi connectivity index (χ1n) is 7.20. The van der Waals surface area contributed by atoms with Crippen LogP contribution < -0.4 is 4.90 Å². The molecule has 2 bridgehead atoms. The van der Waals surface area contributed by atoms with Gasteiger partial charge in [-0.15, -0.1) is 0 Å². The summed E-state index contributed by atoms with van der Waals surface area (Å²) in [6.07, 6.45) is 5.23. The summed E-state index contributed by atoms with van der Waals surface area (Å²) in [7, 11) is 0. The van der Waals surface area contributed by atoms with E-state index in [4.69, 9.17) is 0 Å². The topological polar surface area (TPSA) is 37.4 Å².